The number of morpholine rings is 1. The summed E-state index contributed by atoms with van der Waals surface area (Å²) in [7, 11) is 0. The molecule has 2 amide bonds. The van der Waals surface area contributed by atoms with Gasteiger partial charge in [-0.3, -0.25) is 4.90 Å². The molecule has 2 fully saturated rings. The van der Waals surface area contributed by atoms with Crippen LogP contribution in [-0.2, 0) is 17.7 Å². The molecule has 1 N–H and O–H groups in total. The van der Waals surface area contributed by atoms with Gasteiger partial charge in [-0.1, -0.05) is 42.5 Å². The second kappa shape index (κ2) is 9.90. The number of nitrogens with zero attached hydrogens (tertiary/aromatic N) is 2. The fourth-order valence-corrected chi connectivity index (χ4v) is 4.20. The molecule has 2 aromatic rings. The molecule has 4 rings (SSSR count). The molecule has 5 heteroatoms. The van der Waals surface area contributed by atoms with E-state index in [0.29, 0.717) is 5.92 Å². The molecule has 2 aliphatic rings. The number of ether oxygens (including phenoxy) is 1. The van der Waals surface area contributed by atoms with Crippen LogP contribution in [0.15, 0.2) is 54.6 Å². The van der Waals surface area contributed by atoms with Crippen LogP contribution in [0.25, 0.3) is 0 Å². The lowest BCUT2D eigenvalue weighted by molar-refractivity contribution is 0.0342. The summed E-state index contributed by atoms with van der Waals surface area (Å²) >= 11 is 0. The van der Waals surface area contributed by atoms with Gasteiger partial charge in [-0.25, -0.2) is 4.79 Å². The highest BCUT2D eigenvalue weighted by Crippen LogP contribution is 2.23. The molecule has 2 aliphatic heterocycles. The van der Waals surface area contributed by atoms with Crippen LogP contribution in [0.5, 0.6) is 0 Å². The smallest absolute Gasteiger partial charge is 0.321 e. The van der Waals surface area contributed by atoms with E-state index in [-0.39, 0.29) is 6.03 Å². The number of amides is 2. The van der Waals surface area contributed by atoms with E-state index in [0.717, 1.165) is 70.9 Å². The van der Waals surface area contributed by atoms with E-state index in [9.17, 15) is 4.79 Å². The Balaban J connectivity index is 1.21. The van der Waals surface area contributed by atoms with Crippen molar-refractivity contribution in [2.75, 3.05) is 44.7 Å². The Kier molecular flexibility index (Phi) is 6.80. The predicted octanol–water partition coefficient (Wildman–Crippen LogP) is 4.01. The van der Waals surface area contributed by atoms with Crippen molar-refractivity contribution in [2.24, 2.45) is 5.92 Å². The summed E-state index contributed by atoms with van der Waals surface area (Å²) in [5.74, 6) is 0.654. The van der Waals surface area contributed by atoms with Crippen LogP contribution in [0, 0.1) is 5.92 Å². The second-order valence-corrected chi connectivity index (χ2v) is 8.14. The topological polar surface area (TPSA) is 44.8 Å². The average Bonchev–Trinajstić information content (AvgIpc) is 2.77. The first-order valence-corrected chi connectivity index (χ1v) is 10.8. The minimum Gasteiger partial charge on any atom is -0.379 e. The number of nitrogens with one attached hydrogen (secondary N) is 1. The van der Waals surface area contributed by atoms with Crippen molar-refractivity contribution < 1.29 is 9.53 Å². The molecule has 2 saturated heterocycles. The Hall–Kier alpha value is -2.37. The summed E-state index contributed by atoms with van der Waals surface area (Å²) in [5.41, 5.74) is 3.64. The minimum atomic E-state index is 0.0158. The number of piperidine rings is 1. The molecule has 0 aliphatic carbocycles. The number of benzene rings is 2. The zero-order valence-corrected chi connectivity index (χ0v) is 17.1. The van der Waals surface area contributed by atoms with Crippen LogP contribution in [0.1, 0.15) is 24.0 Å². The molecule has 0 bridgehead atoms. The Morgan fingerprint density at radius 2 is 1.55 bits per heavy atom. The first kappa shape index (κ1) is 19.9. The minimum absolute atomic E-state index is 0.0158. The molecule has 0 saturated carbocycles. The number of anilines is 1. The highest BCUT2D eigenvalue weighted by Gasteiger charge is 2.23. The molecular weight excluding hydrogens is 362 g/mol. The third-order valence-electron chi connectivity index (χ3n) is 5.98. The predicted molar refractivity (Wildman–Crippen MR) is 116 cm³/mol. The molecule has 0 unspecified atom stereocenters. The lowest BCUT2D eigenvalue weighted by Crippen LogP contribution is -2.41. The second-order valence-electron chi connectivity index (χ2n) is 8.14. The molecule has 2 aromatic carbocycles. The van der Waals surface area contributed by atoms with Crippen molar-refractivity contribution in [3.63, 3.8) is 0 Å². The van der Waals surface area contributed by atoms with Gasteiger partial charge in [-0.2, -0.15) is 0 Å². The maximum absolute atomic E-state index is 12.4. The SMILES string of the molecule is O=C(Nc1ccccc1)N1CCC(Cc2ccc(CN3CCOCC3)cc2)CC1. The van der Waals surface area contributed by atoms with Crippen LogP contribution in [0.4, 0.5) is 10.5 Å². The lowest BCUT2D eigenvalue weighted by Gasteiger charge is -2.32. The number of para-hydroxylation sites is 1. The fraction of sp³-hybridized carbons (Fsp3) is 0.458. The summed E-state index contributed by atoms with van der Waals surface area (Å²) in [6, 6.07) is 18.8. The zero-order chi connectivity index (χ0) is 19.9. The van der Waals surface area contributed by atoms with Gasteiger partial charge in [0.1, 0.15) is 0 Å². The highest BCUT2D eigenvalue weighted by molar-refractivity contribution is 5.89. The lowest BCUT2D eigenvalue weighted by atomic mass is 9.90. The van der Waals surface area contributed by atoms with E-state index in [1.165, 1.54) is 11.1 Å². The van der Waals surface area contributed by atoms with Gasteiger partial charge in [0.05, 0.1) is 13.2 Å². The summed E-state index contributed by atoms with van der Waals surface area (Å²) in [6.45, 7) is 6.42. The van der Waals surface area contributed by atoms with E-state index >= 15 is 0 Å². The molecule has 5 nitrogen and oxygen atoms in total. The van der Waals surface area contributed by atoms with E-state index in [4.69, 9.17) is 4.74 Å². The Morgan fingerprint density at radius 3 is 2.24 bits per heavy atom. The molecule has 154 valence electrons. The van der Waals surface area contributed by atoms with Crippen molar-refractivity contribution in [3.8, 4) is 0 Å². The number of hydrogen-bond donors (Lipinski definition) is 1. The highest BCUT2D eigenvalue weighted by atomic mass is 16.5. The molecule has 0 radical (unpaired) electrons. The zero-order valence-electron chi connectivity index (χ0n) is 17.1. The van der Waals surface area contributed by atoms with Crippen LogP contribution in [0.3, 0.4) is 0 Å². The summed E-state index contributed by atoms with van der Waals surface area (Å²) in [6.07, 6.45) is 3.24. The van der Waals surface area contributed by atoms with Crippen LogP contribution < -0.4 is 5.32 Å². The van der Waals surface area contributed by atoms with Crippen LogP contribution in [0.2, 0.25) is 0 Å². The summed E-state index contributed by atoms with van der Waals surface area (Å²) in [4.78, 5) is 16.8. The number of likely N-dealkylation sites (tertiary alicyclic amines) is 1. The third kappa shape index (κ3) is 5.81. The van der Waals surface area contributed by atoms with Gasteiger partial charge >= 0.3 is 6.03 Å². The van der Waals surface area contributed by atoms with E-state index in [1.54, 1.807) is 0 Å². The molecule has 29 heavy (non-hydrogen) atoms. The van der Waals surface area contributed by atoms with Gasteiger partial charge in [0.2, 0.25) is 0 Å². The molecule has 2 heterocycles. The van der Waals surface area contributed by atoms with Crippen molar-refractivity contribution in [3.05, 3.63) is 65.7 Å². The number of carbonyl (C=O) groups excluding carboxylic acids is 1. The fourth-order valence-electron chi connectivity index (χ4n) is 4.20. The molecule has 0 spiro atoms. The number of rotatable bonds is 5. The van der Waals surface area contributed by atoms with E-state index in [1.807, 2.05) is 35.2 Å². The van der Waals surface area contributed by atoms with Crippen molar-refractivity contribution >= 4 is 11.7 Å². The monoisotopic (exact) mass is 393 g/mol. The summed E-state index contributed by atoms with van der Waals surface area (Å²) in [5, 5.41) is 2.99. The molecular formula is C24H31N3O2. The van der Waals surface area contributed by atoms with Crippen molar-refractivity contribution in [1.29, 1.82) is 0 Å². The largest absolute Gasteiger partial charge is 0.379 e. The van der Waals surface area contributed by atoms with Gasteiger partial charge in [0, 0.05) is 38.4 Å². The number of urea groups is 1. The van der Waals surface area contributed by atoms with Gasteiger partial charge < -0.3 is 15.0 Å². The number of carbonyl (C=O) groups is 1. The Labute approximate surface area is 173 Å². The van der Waals surface area contributed by atoms with E-state index < -0.39 is 0 Å². The average molecular weight is 394 g/mol. The third-order valence-corrected chi connectivity index (χ3v) is 5.98. The summed E-state index contributed by atoms with van der Waals surface area (Å²) < 4.78 is 5.42. The van der Waals surface area contributed by atoms with Crippen molar-refractivity contribution in [2.45, 2.75) is 25.8 Å². The van der Waals surface area contributed by atoms with Gasteiger partial charge in [-0.05, 0) is 48.4 Å². The maximum atomic E-state index is 12.4. The first-order valence-electron chi connectivity index (χ1n) is 10.8. The molecule has 0 aromatic heterocycles. The van der Waals surface area contributed by atoms with Gasteiger partial charge in [0.25, 0.3) is 0 Å². The maximum Gasteiger partial charge on any atom is 0.321 e. The number of hydrogen-bond acceptors (Lipinski definition) is 3. The van der Waals surface area contributed by atoms with Gasteiger partial charge in [-0.15, -0.1) is 0 Å². The van der Waals surface area contributed by atoms with Crippen LogP contribution in [-0.4, -0.2) is 55.2 Å². The molecule has 0 atom stereocenters. The standard InChI is InChI=1S/C24H31N3O2/c28-24(25-23-4-2-1-3-5-23)27-12-10-21(11-13-27)18-20-6-8-22(9-7-20)19-26-14-16-29-17-15-26/h1-9,21H,10-19H2,(H,25,28). The van der Waals surface area contributed by atoms with Gasteiger partial charge in [0.15, 0.2) is 0 Å². The first-order chi connectivity index (χ1) is 14.3. The Bertz CT molecular complexity index is 764. The van der Waals surface area contributed by atoms with Crippen molar-refractivity contribution in [1.82, 2.24) is 9.80 Å². The normalized spacial score (nSPS) is 18.6. The quantitative estimate of drug-likeness (QED) is 0.835. The van der Waals surface area contributed by atoms with Crippen LogP contribution >= 0.6 is 0 Å². The van der Waals surface area contributed by atoms with E-state index in [2.05, 4.69) is 34.5 Å². The Morgan fingerprint density at radius 1 is 0.897 bits per heavy atom.